The van der Waals surface area contributed by atoms with E-state index in [4.69, 9.17) is 5.41 Å². The fourth-order valence-corrected chi connectivity index (χ4v) is 0.661. The van der Waals surface area contributed by atoms with Gasteiger partial charge in [-0.15, -0.1) is 0 Å². The molecule has 0 aliphatic carbocycles. The van der Waals surface area contributed by atoms with Gasteiger partial charge in [-0.1, -0.05) is 25.3 Å². The highest BCUT2D eigenvalue weighted by Gasteiger charge is 1.90. The first-order valence-electron chi connectivity index (χ1n) is 3.67. The van der Waals surface area contributed by atoms with Gasteiger partial charge in [0.2, 0.25) is 0 Å². The molecule has 0 radical (unpaired) electrons. The van der Waals surface area contributed by atoms with Crippen molar-refractivity contribution in [1.82, 2.24) is 5.32 Å². The van der Waals surface area contributed by atoms with Gasteiger partial charge in [0.15, 0.2) is 0 Å². The quantitative estimate of drug-likeness (QED) is 0.472. The van der Waals surface area contributed by atoms with E-state index in [-0.39, 0.29) is 0 Å². The summed E-state index contributed by atoms with van der Waals surface area (Å²) in [5.41, 5.74) is 1.57. The maximum absolute atomic E-state index is 7.04. The predicted molar refractivity (Wildman–Crippen MR) is 54.2 cm³/mol. The van der Waals surface area contributed by atoms with E-state index in [1.165, 1.54) is 6.21 Å². The van der Waals surface area contributed by atoms with Gasteiger partial charge in [-0.2, -0.15) is 0 Å². The fraction of sp³-hybridized carbons (Fsp3) is 0.100. The number of nitrogens with one attached hydrogen (secondary N) is 2. The average molecular weight is 162 g/mol. The molecule has 0 aromatic heterocycles. The highest BCUT2D eigenvalue weighted by Crippen LogP contribution is 1.94. The third-order valence-corrected chi connectivity index (χ3v) is 1.27. The van der Waals surface area contributed by atoms with Crippen molar-refractivity contribution in [3.8, 4) is 0 Å². The van der Waals surface area contributed by atoms with Crippen LogP contribution in [0.5, 0.6) is 0 Å². The summed E-state index contributed by atoms with van der Waals surface area (Å²) in [5, 5.41) is 10.0. The van der Waals surface area contributed by atoms with E-state index in [0.29, 0.717) is 5.70 Å². The average Bonchev–Trinajstić information content (AvgIpc) is 2.12. The molecular formula is C10H14N2. The zero-order chi connectivity index (χ0) is 9.40. The molecule has 0 unspecified atom stereocenters. The Bertz CT molecular complexity index is 234. The van der Waals surface area contributed by atoms with Crippen molar-refractivity contribution in [2.24, 2.45) is 0 Å². The zero-order valence-corrected chi connectivity index (χ0v) is 7.30. The van der Waals surface area contributed by atoms with Gasteiger partial charge in [0, 0.05) is 11.9 Å². The molecular weight excluding hydrogens is 148 g/mol. The topological polar surface area (TPSA) is 35.9 Å². The van der Waals surface area contributed by atoms with Gasteiger partial charge in [-0.05, 0) is 19.1 Å². The van der Waals surface area contributed by atoms with Crippen LogP contribution in [0.25, 0.3) is 0 Å². The Balaban J connectivity index is 4.39. The van der Waals surface area contributed by atoms with E-state index in [1.807, 2.05) is 13.0 Å². The summed E-state index contributed by atoms with van der Waals surface area (Å²) in [6.07, 6.45) is 8.16. The van der Waals surface area contributed by atoms with E-state index in [9.17, 15) is 0 Å². The molecule has 0 amide bonds. The summed E-state index contributed by atoms with van der Waals surface area (Å²) in [6, 6.07) is 0. The molecule has 0 saturated carbocycles. The lowest BCUT2D eigenvalue weighted by Gasteiger charge is -2.04. The van der Waals surface area contributed by atoms with Crippen molar-refractivity contribution < 1.29 is 0 Å². The molecule has 2 N–H and O–H groups in total. The lowest BCUT2D eigenvalue weighted by Crippen LogP contribution is -2.11. The first kappa shape index (κ1) is 10.4. The molecule has 0 heterocycles. The minimum absolute atomic E-state index is 0.693. The molecule has 0 spiro atoms. The second kappa shape index (κ2) is 6.16. The number of allylic oxidation sites excluding steroid dienone is 5. The molecule has 12 heavy (non-hydrogen) atoms. The third-order valence-electron chi connectivity index (χ3n) is 1.27. The molecule has 0 atom stereocenters. The minimum atomic E-state index is 0.693. The monoisotopic (exact) mass is 162 g/mol. The van der Waals surface area contributed by atoms with Gasteiger partial charge < -0.3 is 10.7 Å². The highest BCUT2D eigenvalue weighted by molar-refractivity contribution is 5.76. The fourth-order valence-electron chi connectivity index (χ4n) is 0.661. The van der Waals surface area contributed by atoms with Crippen molar-refractivity contribution in [3.63, 3.8) is 0 Å². The smallest absolute Gasteiger partial charge is 0.0562 e. The molecule has 0 aliphatic heterocycles. The Morgan fingerprint density at radius 3 is 2.33 bits per heavy atom. The van der Waals surface area contributed by atoms with Gasteiger partial charge in [0.25, 0.3) is 0 Å². The summed E-state index contributed by atoms with van der Waals surface area (Å²) in [7, 11) is 0. The van der Waals surface area contributed by atoms with Gasteiger partial charge in [-0.25, -0.2) is 0 Å². The largest absolute Gasteiger partial charge is 0.355 e. The minimum Gasteiger partial charge on any atom is -0.355 e. The van der Waals surface area contributed by atoms with Crippen LogP contribution in [0, 0.1) is 5.41 Å². The SMILES string of the molecule is C=C/C=C(/C=N)N/C(C=C)=C/C. The highest BCUT2D eigenvalue weighted by atomic mass is 14.9. The Morgan fingerprint density at radius 1 is 1.33 bits per heavy atom. The van der Waals surface area contributed by atoms with Gasteiger partial charge in [0.05, 0.1) is 5.70 Å². The first-order chi connectivity index (χ1) is 5.78. The normalized spacial score (nSPS) is 12.1. The first-order valence-corrected chi connectivity index (χ1v) is 3.67. The number of rotatable bonds is 5. The van der Waals surface area contributed by atoms with Crippen molar-refractivity contribution in [2.75, 3.05) is 0 Å². The van der Waals surface area contributed by atoms with Gasteiger partial charge >= 0.3 is 0 Å². The lowest BCUT2D eigenvalue weighted by atomic mass is 10.3. The lowest BCUT2D eigenvalue weighted by molar-refractivity contribution is 1.06. The van der Waals surface area contributed by atoms with Crippen LogP contribution in [-0.4, -0.2) is 6.21 Å². The van der Waals surface area contributed by atoms with Crippen LogP contribution in [-0.2, 0) is 0 Å². The molecule has 0 aromatic rings. The molecule has 0 saturated heterocycles. The second-order valence-electron chi connectivity index (χ2n) is 2.08. The van der Waals surface area contributed by atoms with Crippen LogP contribution in [0.3, 0.4) is 0 Å². The van der Waals surface area contributed by atoms with E-state index in [1.54, 1.807) is 18.2 Å². The molecule has 0 rings (SSSR count). The standard InChI is InChI=1S/C10H14N2/c1-4-7-10(8-11)12-9(5-2)6-3/h4-8,11-12H,1-2H2,3H3/b9-6+,10-7-,11-8?. The van der Waals surface area contributed by atoms with Crippen molar-refractivity contribution in [1.29, 1.82) is 5.41 Å². The zero-order valence-electron chi connectivity index (χ0n) is 7.30. The van der Waals surface area contributed by atoms with E-state index >= 15 is 0 Å². The van der Waals surface area contributed by atoms with Crippen LogP contribution in [0.4, 0.5) is 0 Å². The molecule has 0 bridgehead atoms. The van der Waals surface area contributed by atoms with Crippen LogP contribution in [0.2, 0.25) is 0 Å². The van der Waals surface area contributed by atoms with E-state index in [0.717, 1.165) is 5.70 Å². The van der Waals surface area contributed by atoms with Crippen LogP contribution >= 0.6 is 0 Å². The summed E-state index contributed by atoms with van der Waals surface area (Å²) < 4.78 is 0. The van der Waals surface area contributed by atoms with Crippen molar-refractivity contribution in [2.45, 2.75) is 6.92 Å². The van der Waals surface area contributed by atoms with E-state index < -0.39 is 0 Å². The van der Waals surface area contributed by atoms with Gasteiger partial charge in [-0.3, -0.25) is 0 Å². The Labute approximate surface area is 73.5 Å². The summed E-state index contributed by atoms with van der Waals surface area (Å²) in [6.45, 7) is 9.07. The van der Waals surface area contributed by atoms with E-state index in [2.05, 4.69) is 18.5 Å². The summed E-state index contributed by atoms with van der Waals surface area (Å²) in [5.74, 6) is 0. The van der Waals surface area contributed by atoms with Crippen molar-refractivity contribution in [3.05, 3.63) is 48.9 Å². The summed E-state index contributed by atoms with van der Waals surface area (Å²) in [4.78, 5) is 0. The number of hydrogen-bond donors (Lipinski definition) is 2. The maximum atomic E-state index is 7.04. The van der Waals surface area contributed by atoms with Crippen LogP contribution < -0.4 is 5.32 Å². The third kappa shape index (κ3) is 3.56. The Kier molecular flexibility index (Phi) is 5.35. The molecule has 0 aromatic carbocycles. The molecule has 2 heteroatoms. The maximum Gasteiger partial charge on any atom is 0.0562 e. The second-order valence-corrected chi connectivity index (χ2v) is 2.08. The molecule has 64 valence electrons. The Morgan fingerprint density at radius 2 is 2.00 bits per heavy atom. The molecule has 0 fully saturated rings. The molecule has 0 aliphatic rings. The molecule has 2 nitrogen and oxygen atoms in total. The predicted octanol–water partition coefficient (Wildman–Crippen LogP) is 2.39. The Hall–Kier alpha value is -1.57. The van der Waals surface area contributed by atoms with Gasteiger partial charge in [0.1, 0.15) is 0 Å². The summed E-state index contributed by atoms with van der Waals surface area (Å²) >= 11 is 0. The van der Waals surface area contributed by atoms with Crippen molar-refractivity contribution >= 4 is 6.21 Å². The van der Waals surface area contributed by atoms with Crippen LogP contribution in [0.15, 0.2) is 48.9 Å². The number of hydrogen-bond acceptors (Lipinski definition) is 2. The van der Waals surface area contributed by atoms with Crippen LogP contribution in [0.1, 0.15) is 6.92 Å².